The molecule has 9 heteroatoms. The summed E-state index contributed by atoms with van der Waals surface area (Å²) in [5.41, 5.74) is 0.631. The smallest absolute Gasteiger partial charge is 0.338 e. The largest absolute Gasteiger partial charge is 0.462 e. The molecule has 1 fully saturated rings. The molecule has 9 nitrogen and oxygen atoms in total. The molecule has 3 unspecified atom stereocenters. The van der Waals surface area contributed by atoms with Gasteiger partial charge in [0.2, 0.25) is 0 Å². The number of carbonyl (C=O) groups is 2. The van der Waals surface area contributed by atoms with Crippen molar-refractivity contribution in [3.63, 3.8) is 0 Å². The van der Waals surface area contributed by atoms with Gasteiger partial charge in [-0.15, -0.1) is 0 Å². The van der Waals surface area contributed by atoms with E-state index in [9.17, 15) is 30.0 Å². The zero-order valence-electron chi connectivity index (χ0n) is 21.2. The fourth-order valence-electron chi connectivity index (χ4n) is 4.27. The van der Waals surface area contributed by atoms with E-state index in [0.29, 0.717) is 12.2 Å². The molecule has 0 bridgehead atoms. The molecule has 5 atom stereocenters. The molecule has 0 radical (unpaired) electrons. The van der Waals surface area contributed by atoms with E-state index in [2.05, 4.69) is 6.92 Å². The van der Waals surface area contributed by atoms with Crippen molar-refractivity contribution in [3.8, 4) is 0 Å². The van der Waals surface area contributed by atoms with E-state index in [1.807, 2.05) is 0 Å². The predicted octanol–water partition coefficient (Wildman–Crippen LogP) is 2.62. The van der Waals surface area contributed by atoms with Gasteiger partial charge in [0.05, 0.1) is 36.5 Å². The Bertz CT molecular complexity index is 765. The normalized spacial score (nSPS) is 23.9. The van der Waals surface area contributed by atoms with Crippen LogP contribution < -0.4 is 0 Å². The maximum absolute atomic E-state index is 12.2. The quantitative estimate of drug-likeness (QED) is 0.195. The van der Waals surface area contributed by atoms with E-state index in [-0.39, 0.29) is 31.8 Å². The Morgan fingerprint density at radius 1 is 0.750 bits per heavy atom. The van der Waals surface area contributed by atoms with Gasteiger partial charge in [0.1, 0.15) is 18.8 Å². The molecule has 1 saturated carbocycles. The third kappa shape index (κ3) is 9.78. The van der Waals surface area contributed by atoms with E-state index in [1.54, 1.807) is 0 Å². The van der Waals surface area contributed by atoms with E-state index in [0.717, 1.165) is 19.3 Å². The van der Waals surface area contributed by atoms with Crippen LogP contribution in [0, 0.1) is 5.92 Å². The molecule has 0 aromatic heterocycles. The molecule has 1 aliphatic rings. The van der Waals surface area contributed by atoms with Gasteiger partial charge in [-0.2, -0.15) is 0 Å². The summed E-state index contributed by atoms with van der Waals surface area (Å²) in [6.45, 7) is 2.11. The second-order valence-electron chi connectivity index (χ2n) is 9.38. The number of hydrogen-bond acceptors (Lipinski definition) is 9. The van der Waals surface area contributed by atoms with Crippen molar-refractivity contribution in [1.82, 2.24) is 0 Å². The SMILES string of the molecule is CCCCCCCCCCOC(=O)c1ccc(C(=O)OCCO[C@H]2CC(CO)[C@@H](O)C(O)C2O)cc1. The van der Waals surface area contributed by atoms with Crippen molar-refractivity contribution >= 4 is 11.9 Å². The molecular weight excluding hydrogens is 468 g/mol. The van der Waals surface area contributed by atoms with Gasteiger partial charge in [0.15, 0.2) is 0 Å². The highest BCUT2D eigenvalue weighted by Crippen LogP contribution is 2.27. The third-order valence-electron chi connectivity index (χ3n) is 6.57. The molecular formula is C27H42O9. The first-order chi connectivity index (χ1) is 17.4. The standard InChI is InChI=1S/C27H42O9/c1-2-3-4-5-6-7-8-9-14-35-26(32)19-10-12-20(13-11-19)27(33)36-16-15-34-22-17-21(18-28)23(29)25(31)24(22)30/h10-13,21-25,28-31H,2-9,14-18H2,1H3/t21?,22-,23+,24?,25?/m0/s1. The van der Waals surface area contributed by atoms with Crippen molar-refractivity contribution in [2.75, 3.05) is 26.4 Å². The lowest BCUT2D eigenvalue weighted by molar-refractivity contribution is -0.179. The molecule has 0 amide bonds. The molecule has 1 aromatic carbocycles. The number of ether oxygens (including phenoxy) is 3. The summed E-state index contributed by atoms with van der Waals surface area (Å²) in [5, 5.41) is 39.1. The van der Waals surface area contributed by atoms with Gasteiger partial charge in [-0.1, -0.05) is 51.9 Å². The molecule has 1 aliphatic carbocycles. The average molecular weight is 511 g/mol. The highest BCUT2D eigenvalue weighted by Gasteiger charge is 2.42. The Hall–Kier alpha value is -2.04. The maximum Gasteiger partial charge on any atom is 0.338 e. The van der Waals surface area contributed by atoms with Crippen LogP contribution in [0.5, 0.6) is 0 Å². The minimum atomic E-state index is -1.42. The lowest BCUT2D eigenvalue weighted by atomic mass is 9.81. The molecule has 0 aliphatic heterocycles. The van der Waals surface area contributed by atoms with E-state index in [1.165, 1.54) is 56.4 Å². The molecule has 1 aromatic rings. The summed E-state index contributed by atoms with van der Waals surface area (Å²) in [4.78, 5) is 24.4. The number of hydrogen-bond donors (Lipinski definition) is 4. The fourth-order valence-corrected chi connectivity index (χ4v) is 4.27. The second kappa shape index (κ2) is 16.7. The number of unbranched alkanes of at least 4 members (excludes halogenated alkanes) is 7. The molecule has 0 spiro atoms. The maximum atomic E-state index is 12.2. The van der Waals surface area contributed by atoms with Crippen molar-refractivity contribution < 1.29 is 44.2 Å². The summed E-state index contributed by atoms with van der Waals surface area (Å²) in [5.74, 6) is -1.63. The van der Waals surface area contributed by atoms with Gasteiger partial charge in [-0.3, -0.25) is 0 Å². The highest BCUT2D eigenvalue weighted by atomic mass is 16.6. The summed E-state index contributed by atoms with van der Waals surface area (Å²) in [7, 11) is 0. The van der Waals surface area contributed by atoms with Crippen LogP contribution in [0.25, 0.3) is 0 Å². The minimum absolute atomic E-state index is 0.0302. The number of benzene rings is 1. The van der Waals surface area contributed by atoms with Crippen LogP contribution in [0.15, 0.2) is 24.3 Å². The van der Waals surface area contributed by atoms with Crippen LogP contribution in [-0.2, 0) is 14.2 Å². The van der Waals surface area contributed by atoms with Crippen molar-refractivity contribution in [2.24, 2.45) is 5.92 Å². The summed E-state index contributed by atoms with van der Waals surface area (Å²) in [6.07, 6.45) is 4.75. The zero-order chi connectivity index (χ0) is 26.3. The lowest BCUT2D eigenvalue weighted by Gasteiger charge is -2.39. The van der Waals surface area contributed by atoms with E-state index < -0.39 is 42.3 Å². The first-order valence-electron chi connectivity index (χ1n) is 13.1. The molecule has 0 saturated heterocycles. The first kappa shape index (κ1) is 30.2. The fraction of sp³-hybridized carbons (Fsp3) is 0.704. The van der Waals surface area contributed by atoms with E-state index in [4.69, 9.17) is 14.2 Å². The van der Waals surface area contributed by atoms with E-state index >= 15 is 0 Å². The lowest BCUT2D eigenvalue weighted by Crippen LogP contribution is -2.55. The van der Waals surface area contributed by atoms with Crippen LogP contribution >= 0.6 is 0 Å². The van der Waals surface area contributed by atoms with Crippen molar-refractivity contribution in [2.45, 2.75) is 89.1 Å². The minimum Gasteiger partial charge on any atom is -0.462 e. The number of aliphatic hydroxyl groups is 4. The van der Waals surface area contributed by atoms with Gasteiger partial charge in [-0.25, -0.2) is 9.59 Å². The van der Waals surface area contributed by atoms with Gasteiger partial charge in [0.25, 0.3) is 0 Å². The monoisotopic (exact) mass is 510 g/mol. The van der Waals surface area contributed by atoms with Crippen molar-refractivity contribution in [3.05, 3.63) is 35.4 Å². The van der Waals surface area contributed by atoms with Gasteiger partial charge in [-0.05, 0) is 37.1 Å². The summed E-state index contributed by atoms with van der Waals surface area (Å²) in [6, 6.07) is 6.02. The molecule has 2 rings (SSSR count). The van der Waals surface area contributed by atoms with Gasteiger partial charge < -0.3 is 34.6 Å². The number of rotatable bonds is 16. The molecule has 36 heavy (non-hydrogen) atoms. The van der Waals surface area contributed by atoms with Crippen LogP contribution in [0.1, 0.15) is 85.4 Å². The second-order valence-corrected chi connectivity index (χ2v) is 9.38. The van der Waals surface area contributed by atoms with Gasteiger partial charge in [0, 0.05) is 12.5 Å². The first-order valence-corrected chi connectivity index (χ1v) is 13.1. The Morgan fingerprint density at radius 3 is 1.83 bits per heavy atom. The van der Waals surface area contributed by atoms with Crippen LogP contribution in [0.2, 0.25) is 0 Å². The van der Waals surface area contributed by atoms with Gasteiger partial charge >= 0.3 is 11.9 Å². The molecule has 4 N–H and O–H groups in total. The number of carbonyl (C=O) groups excluding carboxylic acids is 2. The topological polar surface area (TPSA) is 143 Å². The summed E-state index contributed by atoms with van der Waals surface area (Å²) < 4.78 is 16.0. The molecule has 0 heterocycles. The Labute approximate surface area is 213 Å². The van der Waals surface area contributed by atoms with Crippen LogP contribution in [0.3, 0.4) is 0 Å². The van der Waals surface area contributed by atoms with Crippen LogP contribution in [0.4, 0.5) is 0 Å². The number of esters is 2. The zero-order valence-corrected chi connectivity index (χ0v) is 21.2. The average Bonchev–Trinajstić information content (AvgIpc) is 2.89. The Balaban J connectivity index is 1.63. The predicted molar refractivity (Wildman–Crippen MR) is 133 cm³/mol. The van der Waals surface area contributed by atoms with Crippen LogP contribution in [-0.4, -0.2) is 83.2 Å². The number of aliphatic hydroxyl groups excluding tert-OH is 4. The Kier molecular flexibility index (Phi) is 14.0. The summed E-state index contributed by atoms with van der Waals surface area (Å²) >= 11 is 0. The Morgan fingerprint density at radius 2 is 1.28 bits per heavy atom. The molecule has 204 valence electrons. The third-order valence-corrected chi connectivity index (χ3v) is 6.57. The highest BCUT2D eigenvalue weighted by molar-refractivity contribution is 5.93. The van der Waals surface area contributed by atoms with Crippen molar-refractivity contribution in [1.29, 1.82) is 0 Å².